The molecule has 0 radical (unpaired) electrons. The number of carbonyl (C=O) groups excluding carboxylic acids is 1. The number of thiophene rings is 1. The molecule has 3 aromatic rings. The maximum absolute atomic E-state index is 14.3. The summed E-state index contributed by atoms with van der Waals surface area (Å²) in [7, 11) is 0. The molecule has 0 fully saturated rings. The number of aromatic nitrogens is 3. The summed E-state index contributed by atoms with van der Waals surface area (Å²) in [5.74, 6) is -0.887. The Morgan fingerprint density at radius 1 is 1.35 bits per heavy atom. The van der Waals surface area contributed by atoms with E-state index in [0.717, 1.165) is 14.4 Å². The number of benzene rings is 1. The number of anilines is 1. The van der Waals surface area contributed by atoms with Crippen molar-refractivity contribution in [3.05, 3.63) is 63.7 Å². The molecule has 0 saturated heterocycles. The minimum atomic E-state index is -0.563. The molecular weight excluding hydrogens is 452 g/mol. The van der Waals surface area contributed by atoms with Gasteiger partial charge >= 0.3 is 5.69 Å². The Balaban J connectivity index is 0.00000272. The van der Waals surface area contributed by atoms with Crippen molar-refractivity contribution in [2.45, 2.75) is 13.1 Å². The van der Waals surface area contributed by atoms with Gasteiger partial charge in [-0.05, 0) is 35.4 Å². The molecule has 1 amide bonds. The van der Waals surface area contributed by atoms with E-state index in [-0.39, 0.29) is 61.6 Å². The van der Waals surface area contributed by atoms with Crippen LogP contribution in [0.3, 0.4) is 0 Å². The normalized spacial score (nSPS) is 13.3. The number of nitrogens with zero attached hydrogens (tertiary/aromatic N) is 3. The summed E-state index contributed by atoms with van der Waals surface area (Å²) in [6.45, 7) is 0.0143. The number of hydrogen-bond acceptors (Lipinski definition) is 6. The Hall–Kier alpha value is -3.02. The highest BCUT2D eigenvalue weighted by Crippen LogP contribution is 2.37. The van der Waals surface area contributed by atoms with Crippen LogP contribution in [-0.2, 0) is 17.9 Å². The lowest BCUT2D eigenvalue weighted by Crippen LogP contribution is -2.26. The van der Waals surface area contributed by atoms with Gasteiger partial charge in [-0.25, -0.2) is 18.3 Å². The fraction of sp³-hybridized carbons (Fsp3) is 0.211. The Kier molecular flexibility index (Phi) is 6.88. The number of nitrogens with one attached hydrogen (secondary N) is 1. The summed E-state index contributed by atoms with van der Waals surface area (Å²) in [6, 6.07) is 6.62. The first kappa shape index (κ1) is 22.7. The predicted molar refractivity (Wildman–Crippen MR) is 115 cm³/mol. The monoisotopic (exact) mass is 469 g/mol. The Morgan fingerprint density at radius 2 is 2.16 bits per heavy atom. The van der Waals surface area contributed by atoms with Gasteiger partial charge in [0.05, 0.1) is 25.1 Å². The highest BCUT2D eigenvalue weighted by atomic mass is 35.5. The summed E-state index contributed by atoms with van der Waals surface area (Å²) in [4.78, 5) is 25.5. The molecule has 0 bridgehead atoms. The molecular formula is C19H18ClF2N5O3S. The predicted octanol–water partition coefficient (Wildman–Crippen LogP) is 2.53. The maximum atomic E-state index is 14.3. The average molecular weight is 470 g/mol. The van der Waals surface area contributed by atoms with Gasteiger partial charge in [0.25, 0.3) is 5.91 Å². The molecule has 3 heterocycles. The van der Waals surface area contributed by atoms with E-state index in [9.17, 15) is 18.4 Å². The Morgan fingerprint density at radius 3 is 2.90 bits per heavy atom. The summed E-state index contributed by atoms with van der Waals surface area (Å²) in [5.41, 5.74) is 6.14. The summed E-state index contributed by atoms with van der Waals surface area (Å²) < 4.78 is 34.7. The van der Waals surface area contributed by atoms with Crippen LogP contribution in [0, 0.1) is 5.82 Å². The summed E-state index contributed by atoms with van der Waals surface area (Å²) in [6.07, 6.45) is 1.75. The minimum Gasteiger partial charge on any atom is -0.478 e. The highest BCUT2D eigenvalue weighted by Gasteiger charge is 2.21. The molecule has 0 spiro atoms. The van der Waals surface area contributed by atoms with E-state index in [1.165, 1.54) is 28.3 Å². The molecule has 0 aliphatic carbocycles. The number of halogens is 3. The van der Waals surface area contributed by atoms with Crippen LogP contribution >= 0.6 is 23.7 Å². The number of nitrogens with two attached hydrogens (primary N) is 1. The lowest BCUT2D eigenvalue weighted by atomic mass is 10.1. The lowest BCUT2D eigenvalue weighted by molar-refractivity contribution is -0.118. The first-order valence-electron chi connectivity index (χ1n) is 8.94. The standard InChI is InChI=1S/C19H17F2N5O3S.ClH/c20-5-11(6-22)7-26-19(28)25(10-23-26)8-13-1-2-16(30-13)12-3-14(21)18-15(4-12)24-17(27)9-29-18;/h1-5,10H,6-9,22H2,(H,24,27);1H/b11-5+;. The topological polar surface area (TPSA) is 104 Å². The van der Waals surface area contributed by atoms with Crippen LogP contribution in [0.2, 0.25) is 0 Å². The second-order valence-electron chi connectivity index (χ2n) is 6.61. The van der Waals surface area contributed by atoms with Crippen molar-refractivity contribution in [2.75, 3.05) is 18.5 Å². The Labute approximate surface area is 185 Å². The molecule has 0 atom stereocenters. The third-order valence-corrected chi connectivity index (χ3v) is 5.62. The summed E-state index contributed by atoms with van der Waals surface area (Å²) >= 11 is 1.37. The fourth-order valence-corrected chi connectivity index (χ4v) is 4.00. The SMILES string of the molecule is Cl.NC/C(=C\F)Cn1ncn(Cc2ccc(-c3cc(F)c4c(c3)NC(=O)CO4)s2)c1=O. The molecule has 4 rings (SSSR count). The molecule has 8 nitrogen and oxygen atoms in total. The van der Waals surface area contributed by atoms with E-state index < -0.39 is 11.5 Å². The third-order valence-electron chi connectivity index (χ3n) is 4.50. The zero-order valence-corrected chi connectivity index (χ0v) is 17.6. The molecule has 2 aromatic heterocycles. The van der Waals surface area contributed by atoms with E-state index in [1.807, 2.05) is 6.07 Å². The molecule has 0 unspecified atom stereocenters. The smallest absolute Gasteiger partial charge is 0.346 e. The fourth-order valence-electron chi connectivity index (χ4n) is 3.01. The average Bonchev–Trinajstić information content (AvgIpc) is 3.33. The van der Waals surface area contributed by atoms with Gasteiger partial charge in [0.1, 0.15) is 6.33 Å². The number of hydrogen-bond donors (Lipinski definition) is 2. The molecule has 1 aliphatic rings. The molecule has 0 saturated carbocycles. The van der Waals surface area contributed by atoms with Crippen molar-refractivity contribution in [2.24, 2.45) is 5.73 Å². The quantitative estimate of drug-likeness (QED) is 0.577. The van der Waals surface area contributed by atoms with E-state index in [4.69, 9.17) is 10.5 Å². The van der Waals surface area contributed by atoms with Crippen molar-refractivity contribution in [3.8, 4) is 16.2 Å². The zero-order chi connectivity index (χ0) is 21.3. The van der Waals surface area contributed by atoms with Crippen molar-refractivity contribution >= 4 is 35.3 Å². The minimum absolute atomic E-state index is 0. The van der Waals surface area contributed by atoms with E-state index >= 15 is 0 Å². The van der Waals surface area contributed by atoms with Crippen LogP contribution in [0.15, 0.2) is 47.3 Å². The maximum Gasteiger partial charge on any atom is 0.346 e. The summed E-state index contributed by atoms with van der Waals surface area (Å²) in [5, 5.41) is 6.58. The zero-order valence-electron chi connectivity index (χ0n) is 16.0. The van der Waals surface area contributed by atoms with Gasteiger partial charge in [-0.1, -0.05) is 0 Å². The molecule has 12 heteroatoms. The largest absolute Gasteiger partial charge is 0.478 e. The van der Waals surface area contributed by atoms with Crippen LogP contribution in [0.4, 0.5) is 14.5 Å². The van der Waals surface area contributed by atoms with Gasteiger partial charge < -0.3 is 15.8 Å². The molecule has 1 aromatic carbocycles. The highest BCUT2D eigenvalue weighted by molar-refractivity contribution is 7.15. The third kappa shape index (κ3) is 4.68. The Bertz CT molecular complexity index is 1200. The van der Waals surface area contributed by atoms with Crippen LogP contribution in [0.1, 0.15) is 4.88 Å². The molecule has 3 N–H and O–H groups in total. The number of rotatable bonds is 6. The number of fused-ring (bicyclic) bond motifs is 1. The van der Waals surface area contributed by atoms with Crippen molar-refractivity contribution < 1.29 is 18.3 Å². The molecule has 164 valence electrons. The first-order chi connectivity index (χ1) is 14.5. The van der Waals surface area contributed by atoms with Gasteiger partial charge in [-0.3, -0.25) is 9.36 Å². The van der Waals surface area contributed by atoms with Crippen molar-refractivity contribution in [1.29, 1.82) is 0 Å². The number of carbonyl (C=O) groups is 1. The van der Waals surface area contributed by atoms with Crippen molar-refractivity contribution in [3.63, 3.8) is 0 Å². The van der Waals surface area contributed by atoms with Gasteiger partial charge in [0, 0.05) is 16.3 Å². The van der Waals surface area contributed by atoms with Crippen LogP contribution in [-0.4, -0.2) is 33.4 Å². The van der Waals surface area contributed by atoms with Crippen molar-refractivity contribution in [1.82, 2.24) is 14.3 Å². The lowest BCUT2D eigenvalue weighted by Gasteiger charge is -2.19. The second kappa shape index (κ2) is 9.41. The van der Waals surface area contributed by atoms with Crippen LogP contribution in [0.25, 0.3) is 10.4 Å². The van der Waals surface area contributed by atoms with E-state index in [1.54, 1.807) is 12.1 Å². The van der Waals surface area contributed by atoms with Crippen LogP contribution < -0.4 is 21.5 Å². The van der Waals surface area contributed by atoms with Crippen LogP contribution in [0.5, 0.6) is 5.75 Å². The van der Waals surface area contributed by atoms with Gasteiger partial charge in [0.2, 0.25) is 0 Å². The van der Waals surface area contributed by atoms with E-state index in [2.05, 4.69) is 10.4 Å². The van der Waals surface area contributed by atoms with Gasteiger partial charge in [-0.2, -0.15) is 5.10 Å². The number of ether oxygens (including phenoxy) is 1. The molecule has 1 aliphatic heterocycles. The van der Waals surface area contributed by atoms with Gasteiger partial charge in [0.15, 0.2) is 18.2 Å². The second-order valence-corrected chi connectivity index (χ2v) is 7.78. The molecule has 31 heavy (non-hydrogen) atoms. The van der Waals surface area contributed by atoms with Gasteiger partial charge in [-0.15, -0.1) is 23.7 Å². The first-order valence-corrected chi connectivity index (χ1v) is 9.76. The number of amides is 1. The van der Waals surface area contributed by atoms with E-state index in [0.29, 0.717) is 11.9 Å².